The lowest BCUT2D eigenvalue weighted by molar-refractivity contribution is -0.394. The average molecular weight is 414 g/mol. The third-order valence-electron chi connectivity index (χ3n) is 3.89. The zero-order valence-electron chi connectivity index (χ0n) is 15.7. The Morgan fingerprint density at radius 2 is 1.53 bits per heavy atom. The summed E-state index contributed by atoms with van der Waals surface area (Å²) in [6, 6.07) is 8.91. The van der Waals surface area contributed by atoms with E-state index in [-0.39, 0.29) is 17.1 Å². The van der Waals surface area contributed by atoms with Gasteiger partial charge in [0.15, 0.2) is 0 Å². The van der Waals surface area contributed by atoms with E-state index in [0.29, 0.717) is 5.56 Å². The fourth-order valence-electron chi connectivity index (χ4n) is 2.55. The lowest BCUT2D eigenvalue weighted by Crippen LogP contribution is -2.41. The molecule has 1 fully saturated rings. The highest BCUT2D eigenvalue weighted by Gasteiger charge is 2.38. The first-order chi connectivity index (χ1) is 14.1. The van der Waals surface area contributed by atoms with Gasteiger partial charge in [-0.1, -0.05) is 12.1 Å². The zero-order chi connectivity index (χ0) is 22.1. The number of esters is 2. The van der Waals surface area contributed by atoms with Gasteiger partial charge in [0.25, 0.3) is 11.5 Å². The van der Waals surface area contributed by atoms with Crippen molar-refractivity contribution in [1.29, 1.82) is 0 Å². The molecular formula is C19H14N2O9. The van der Waals surface area contributed by atoms with Gasteiger partial charge in [0.05, 0.1) is 15.9 Å². The lowest BCUT2D eigenvalue weighted by atomic mass is 10.1. The molecule has 0 N–H and O–H groups in total. The molecule has 2 aromatic rings. The summed E-state index contributed by atoms with van der Waals surface area (Å²) in [7, 11) is 0. The van der Waals surface area contributed by atoms with Crippen molar-refractivity contribution < 1.29 is 33.6 Å². The van der Waals surface area contributed by atoms with E-state index >= 15 is 0 Å². The molecule has 11 nitrogen and oxygen atoms in total. The Balaban J connectivity index is 1.82. The first-order valence-electron chi connectivity index (χ1n) is 8.45. The third kappa shape index (κ3) is 4.41. The Kier molecular flexibility index (Phi) is 5.20. The predicted octanol–water partition coefficient (Wildman–Crippen LogP) is 3.51. The van der Waals surface area contributed by atoms with Crippen LogP contribution in [-0.4, -0.2) is 27.6 Å². The minimum absolute atomic E-state index is 0.182. The highest BCUT2D eigenvalue weighted by Crippen LogP contribution is 2.34. The number of non-ortho nitro benzene ring substituents is 1. The molecule has 0 amide bonds. The van der Waals surface area contributed by atoms with Crippen LogP contribution >= 0.6 is 0 Å². The van der Waals surface area contributed by atoms with Crippen LogP contribution < -0.4 is 4.74 Å². The fourth-order valence-corrected chi connectivity index (χ4v) is 2.55. The number of hydrogen-bond acceptors (Lipinski definition) is 9. The quantitative estimate of drug-likeness (QED) is 0.235. The van der Waals surface area contributed by atoms with Crippen molar-refractivity contribution in [3.63, 3.8) is 0 Å². The normalized spacial score (nSPS) is 15.1. The van der Waals surface area contributed by atoms with Crippen LogP contribution in [-0.2, 0) is 19.1 Å². The van der Waals surface area contributed by atoms with Crippen LogP contribution in [0.3, 0.4) is 0 Å². The van der Waals surface area contributed by atoms with Crippen LogP contribution in [0.1, 0.15) is 19.4 Å². The molecule has 154 valence electrons. The van der Waals surface area contributed by atoms with Crippen molar-refractivity contribution in [1.82, 2.24) is 0 Å². The first-order valence-corrected chi connectivity index (χ1v) is 8.45. The maximum atomic E-state index is 12.0. The average Bonchev–Trinajstić information content (AvgIpc) is 2.65. The fraction of sp³-hybridized carbons (Fsp3) is 0.158. The molecule has 1 heterocycles. The molecule has 0 aromatic heterocycles. The second-order valence-corrected chi connectivity index (χ2v) is 6.57. The number of benzene rings is 2. The lowest BCUT2D eigenvalue weighted by Gasteiger charge is -2.29. The van der Waals surface area contributed by atoms with Crippen molar-refractivity contribution >= 4 is 29.4 Å². The first kappa shape index (κ1) is 20.5. The number of carbonyl (C=O) groups excluding carboxylic acids is 2. The van der Waals surface area contributed by atoms with Gasteiger partial charge in [-0.2, -0.15) is 0 Å². The van der Waals surface area contributed by atoms with Gasteiger partial charge >= 0.3 is 17.6 Å². The molecular weight excluding hydrogens is 400 g/mol. The Hall–Kier alpha value is -4.28. The van der Waals surface area contributed by atoms with E-state index in [1.165, 1.54) is 44.2 Å². The molecule has 1 saturated heterocycles. The number of hydrogen-bond donors (Lipinski definition) is 0. The van der Waals surface area contributed by atoms with Gasteiger partial charge in [-0.05, 0) is 29.8 Å². The van der Waals surface area contributed by atoms with Crippen molar-refractivity contribution in [2.75, 3.05) is 0 Å². The summed E-state index contributed by atoms with van der Waals surface area (Å²) in [5, 5.41) is 22.0. The van der Waals surface area contributed by atoms with Gasteiger partial charge in [0.1, 0.15) is 11.3 Å². The molecule has 0 aliphatic carbocycles. The molecule has 0 bridgehead atoms. The van der Waals surface area contributed by atoms with E-state index in [1.54, 1.807) is 0 Å². The topological polar surface area (TPSA) is 148 Å². The van der Waals surface area contributed by atoms with Gasteiger partial charge < -0.3 is 14.2 Å². The number of nitro benzene ring substituents is 2. The van der Waals surface area contributed by atoms with Crippen LogP contribution in [0.15, 0.2) is 48.0 Å². The number of rotatable bonds is 5. The summed E-state index contributed by atoms with van der Waals surface area (Å²) in [6.07, 6.45) is 1.28. The summed E-state index contributed by atoms with van der Waals surface area (Å²) in [6.45, 7) is 2.87. The summed E-state index contributed by atoms with van der Waals surface area (Å²) >= 11 is 0. The van der Waals surface area contributed by atoms with Gasteiger partial charge in [0, 0.05) is 19.9 Å². The van der Waals surface area contributed by atoms with E-state index in [4.69, 9.17) is 14.2 Å². The van der Waals surface area contributed by atoms with Crippen molar-refractivity contribution in [3.8, 4) is 11.5 Å². The van der Waals surface area contributed by atoms with Crippen molar-refractivity contribution in [2.45, 2.75) is 19.6 Å². The second kappa shape index (κ2) is 7.62. The van der Waals surface area contributed by atoms with E-state index in [0.717, 1.165) is 18.2 Å². The predicted molar refractivity (Wildman–Crippen MR) is 101 cm³/mol. The highest BCUT2D eigenvalue weighted by atomic mass is 16.7. The molecule has 30 heavy (non-hydrogen) atoms. The minimum Gasteiger partial charge on any atom is -0.450 e. The standard InChI is InChI=1S/C19H14N2O9/c1-19(2)29-17(22)14(18(23)30-19)9-11-3-6-13(7-4-11)28-16-8-5-12(20(24)25)10-15(16)21(26)27/h3-10H,1-2H3. The molecule has 0 spiro atoms. The number of nitro groups is 2. The maximum Gasteiger partial charge on any atom is 0.348 e. The molecule has 3 rings (SSSR count). The van der Waals surface area contributed by atoms with Gasteiger partial charge in [-0.3, -0.25) is 20.2 Å². The molecule has 1 aliphatic heterocycles. The molecule has 0 unspecified atom stereocenters. The van der Waals surface area contributed by atoms with Crippen molar-refractivity contribution in [3.05, 3.63) is 73.8 Å². The number of ether oxygens (including phenoxy) is 3. The van der Waals surface area contributed by atoms with Gasteiger partial charge in [-0.15, -0.1) is 0 Å². The molecule has 1 aliphatic rings. The van der Waals surface area contributed by atoms with Crippen LogP contribution in [0.25, 0.3) is 6.08 Å². The van der Waals surface area contributed by atoms with E-state index in [1.807, 2.05) is 0 Å². The molecule has 0 atom stereocenters. The Morgan fingerprint density at radius 1 is 0.933 bits per heavy atom. The van der Waals surface area contributed by atoms with Crippen LogP contribution in [0, 0.1) is 20.2 Å². The third-order valence-corrected chi connectivity index (χ3v) is 3.89. The Labute approximate surface area is 168 Å². The van der Waals surface area contributed by atoms with Gasteiger partial charge in [-0.25, -0.2) is 9.59 Å². The van der Waals surface area contributed by atoms with E-state index in [2.05, 4.69) is 0 Å². The highest BCUT2D eigenvalue weighted by molar-refractivity contribution is 6.18. The van der Waals surface area contributed by atoms with Crippen LogP contribution in [0.5, 0.6) is 11.5 Å². The van der Waals surface area contributed by atoms with E-state index in [9.17, 15) is 29.8 Å². The molecule has 11 heteroatoms. The SMILES string of the molecule is CC1(C)OC(=O)C(=Cc2ccc(Oc3ccc([N+](=O)[O-])cc3[N+](=O)[O-])cc2)C(=O)O1. The molecule has 0 saturated carbocycles. The summed E-state index contributed by atoms with van der Waals surface area (Å²) in [4.78, 5) is 44.4. The second-order valence-electron chi connectivity index (χ2n) is 6.57. The largest absolute Gasteiger partial charge is 0.450 e. The molecule has 2 aromatic carbocycles. The maximum absolute atomic E-state index is 12.0. The summed E-state index contributed by atoms with van der Waals surface area (Å²) in [5.74, 6) is -2.97. The Bertz CT molecular complexity index is 1070. The zero-order valence-corrected chi connectivity index (χ0v) is 15.7. The number of carbonyl (C=O) groups is 2. The number of nitrogens with zero attached hydrogens (tertiary/aromatic N) is 2. The van der Waals surface area contributed by atoms with Crippen LogP contribution in [0.4, 0.5) is 11.4 Å². The number of cyclic esters (lactones) is 2. The van der Waals surface area contributed by atoms with Crippen LogP contribution in [0.2, 0.25) is 0 Å². The Morgan fingerprint density at radius 3 is 2.07 bits per heavy atom. The summed E-state index contributed by atoms with van der Waals surface area (Å²) in [5.41, 5.74) is -0.839. The minimum atomic E-state index is -1.34. The molecule has 0 radical (unpaired) electrons. The van der Waals surface area contributed by atoms with Gasteiger partial charge in [0.2, 0.25) is 5.75 Å². The van der Waals surface area contributed by atoms with Crippen molar-refractivity contribution in [2.24, 2.45) is 0 Å². The smallest absolute Gasteiger partial charge is 0.348 e. The summed E-state index contributed by atoms with van der Waals surface area (Å²) < 4.78 is 15.5. The van der Waals surface area contributed by atoms with E-state index < -0.39 is 38.9 Å². The monoisotopic (exact) mass is 414 g/mol.